The van der Waals surface area contributed by atoms with E-state index in [-0.39, 0.29) is 17.3 Å². The lowest BCUT2D eigenvalue weighted by Gasteiger charge is -2.33. The summed E-state index contributed by atoms with van der Waals surface area (Å²) in [4.78, 5) is 26.7. The smallest absolute Gasteiger partial charge is 0.225 e. The summed E-state index contributed by atoms with van der Waals surface area (Å²) < 4.78 is 31.9. The van der Waals surface area contributed by atoms with Gasteiger partial charge in [-0.25, -0.2) is 18.4 Å². The lowest BCUT2D eigenvalue weighted by molar-refractivity contribution is -0.136. The third-order valence-corrected chi connectivity index (χ3v) is 11.5. The van der Waals surface area contributed by atoms with Crippen molar-refractivity contribution < 1.29 is 17.9 Å². The second-order valence-corrected chi connectivity index (χ2v) is 15.0. The Bertz CT molecular complexity index is 1590. The summed E-state index contributed by atoms with van der Waals surface area (Å²) in [7, 11) is -3.00. The number of ether oxygens (including phenoxy) is 1. The minimum absolute atomic E-state index is 0.159. The Hall–Kier alpha value is -3.24. The molecule has 1 aromatic carbocycles. The number of anilines is 1. The summed E-state index contributed by atoms with van der Waals surface area (Å²) in [6.45, 7) is 5.77. The van der Waals surface area contributed by atoms with E-state index in [4.69, 9.17) is 9.72 Å². The second kappa shape index (κ2) is 13.4. The SMILES string of the molecule is CCO[C@H]1CCN(C(=O)C2CCC(C/C=C/c3nccc(-n4ccc5c(N6CCC(S(C)(=O)=O)CC6)cccc54)n3)CC2)C1. The fourth-order valence-electron chi connectivity index (χ4n) is 7.30. The fourth-order valence-corrected chi connectivity index (χ4v) is 8.37. The highest BCUT2D eigenvalue weighted by Crippen LogP contribution is 2.34. The molecule has 236 valence electrons. The topological polar surface area (TPSA) is 97.6 Å². The van der Waals surface area contributed by atoms with E-state index in [0.29, 0.717) is 37.1 Å². The summed E-state index contributed by atoms with van der Waals surface area (Å²) in [6, 6.07) is 10.3. The number of hydrogen-bond donors (Lipinski definition) is 0. The molecule has 10 heteroatoms. The number of benzene rings is 1. The van der Waals surface area contributed by atoms with Crippen molar-refractivity contribution in [2.24, 2.45) is 11.8 Å². The van der Waals surface area contributed by atoms with Gasteiger partial charge >= 0.3 is 0 Å². The standard InChI is InChI=1S/C34H45N5O4S/c1-3-43-27-15-20-38(24-27)34(40)26-12-10-25(11-13-26)6-4-9-32-35-19-14-33(36-32)39-23-18-29-30(7-5-8-31(29)39)37-21-16-28(17-22-37)44(2,41)42/h4-5,7-9,14,18-19,23,25-28H,3,6,10-13,15-17,20-22,24H2,1-2H3/b9-4+/t25?,26?,27-/m0/s1. The summed E-state index contributed by atoms with van der Waals surface area (Å²) >= 11 is 0. The van der Waals surface area contributed by atoms with Crippen LogP contribution in [0.4, 0.5) is 5.69 Å². The van der Waals surface area contributed by atoms with Crippen molar-refractivity contribution >= 4 is 38.4 Å². The number of likely N-dealkylation sites (tertiary alicyclic amines) is 1. The van der Waals surface area contributed by atoms with E-state index in [2.05, 4.69) is 44.8 Å². The highest BCUT2D eigenvalue weighted by atomic mass is 32.2. The quantitative estimate of drug-likeness (QED) is 0.322. The molecule has 3 aromatic rings. The molecule has 3 aliphatic rings. The van der Waals surface area contributed by atoms with Gasteiger partial charge in [-0.1, -0.05) is 12.1 Å². The molecular weight excluding hydrogens is 574 g/mol. The highest BCUT2D eigenvalue weighted by Gasteiger charge is 2.33. The predicted octanol–water partition coefficient (Wildman–Crippen LogP) is 5.28. The van der Waals surface area contributed by atoms with Crippen LogP contribution < -0.4 is 4.90 Å². The maximum atomic E-state index is 13.0. The number of nitrogens with zero attached hydrogens (tertiary/aromatic N) is 5. The lowest BCUT2D eigenvalue weighted by atomic mass is 9.80. The van der Waals surface area contributed by atoms with E-state index in [9.17, 15) is 13.2 Å². The average Bonchev–Trinajstić information content (AvgIpc) is 3.69. The number of hydrogen-bond acceptors (Lipinski definition) is 7. The molecular formula is C34H45N5O4S. The monoisotopic (exact) mass is 619 g/mol. The van der Waals surface area contributed by atoms with Gasteiger partial charge in [0.15, 0.2) is 5.82 Å². The van der Waals surface area contributed by atoms with Crippen LogP contribution in [0.3, 0.4) is 0 Å². The molecule has 2 aromatic heterocycles. The Morgan fingerprint density at radius 1 is 1.02 bits per heavy atom. The van der Waals surface area contributed by atoms with Gasteiger partial charge in [-0.3, -0.25) is 4.79 Å². The van der Waals surface area contributed by atoms with Crippen LogP contribution in [0.5, 0.6) is 0 Å². The van der Waals surface area contributed by atoms with Gasteiger partial charge in [0, 0.05) is 68.4 Å². The minimum atomic E-state index is -3.00. The van der Waals surface area contributed by atoms with Gasteiger partial charge in [-0.15, -0.1) is 0 Å². The van der Waals surface area contributed by atoms with E-state index in [1.54, 1.807) is 6.20 Å². The van der Waals surface area contributed by atoms with Gasteiger partial charge in [-0.2, -0.15) is 0 Å². The number of sulfone groups is 1. The van der Waals surface area contributed by atoms with Gasteiger partial charge < -0.3 is 19.1 Å². The van der Waals surface area contributed by atoms with Crippen molar-refractivity contribution in [2.75, 3.05) is 43.9 Å². The zero-order valence-corrected chi connectivity index (χ0v) is 26.8. The molecule has 0 unspecified atom stereocenters. The van der Waals surface area contributed by atoms with Gasteiger partial charge in [0.1, 0.15) is 15.7 Å². The molecule has 1 atom stereocenters. The third-order valence-electron chi connectivity index (χ3n) is 9.80. The first kappa shape index (κ1) is 30.8. The molecule has 0 spiro atoms. The summed E-state index contributed by atoms with van der Waals surface area (Å²) in [5.74, 6) is 2.57. The Labute approximate surface area is 261 Å². The summed E-state index contributed by atoms with van der Waals surface area (Å²) in [5, 5.41) is 0.887. The van der Waals surface area contributed by atoms with Crippen molar-refractivity contribution in [2.45, 2.75) is 69.6 Å². The van der Waals surface area contributed by atoms with Crippen LogP contribution in [0.1, 0.15) is 64.1 Å². The van der Waals surface area contributed by atoms with Crippen LogP contribution in [-0.4, -0.2) is 84.2 Å². The molecule has 1 saturated carbocycles. The molecule has 0 bridgehead atoms. The van der Waals surface area contributed by atoms with Gasteiger partial charge in [0.05, 0.1) is 16.9 Å². The minimum Gasteiger partial charge on any atom is -0.377 e. The van der Waals surface area contributed by atoms with Crippen LogP contribution >= 0.6 is 0 Å². The zero-order valence-electron chi connectivity index (χ0n) is 26.0. The largest absolute Gasteiger partial charge is 0.377 e. The van der Waals surface area contributed by atoms with Crippen LogP contribution in [0.25, 0.3) is 22.8 Å². The Morgan fingerprint density at radius 3 is 2.57 bits per heavy atom. The molecule has 2 aliphatic heterocycles. The maximum Gasteiger partial charge on any atom is 0.225 e. The number of amides is 1. The molecule has 1 amide bonds. The number of rotatable bonds is 9. The Balaban J connectivity index is 1.05. The first-order chi connectivity index (χ1) is 21.3. The second-order valence-electron chi connectivity index (χ2n) is 12.7. The fraction of sp³-hybridized carbons (Fsp3) is 0.559. The van der Waals surface area contributed by atoms with E-state index in [1.807, 2.05) is 30.2 Å². The van der Waals surface area contributed by atoms with Crippen LogP contribution in [-0.2, 0) is 19.4 Å². The normalized spacial score (nSPS) is 23.6. The number of piperidine rings is 1. The summed E-state index contributed by atoms with van der Waals surface area (Å²) in [6.07, 6.45) is 16.9. The maximum absolute atomic E-state index is 13.0. The molecule has 3 fully saturated rings. The van der Waals surface area contributed by atoms with Crippen molar-refractivity contribution in [1.82, 2.24) is 19.4 Å². The van der Waals surface area contributed by atoms with E-state index >= 15 is 0 Å². The van der Waals surface area contributed by atoms with Gasteiger partial charge in [0.25, 0.3) is 0 Å². The number of carbonyl (C=O) groups is 1. The van der Waals surface area contributed by atoms with Gasteiger partial charge in [-0.05, 0) is 94.5 Å². The molecule has 0 N–H and O–H groups in total. The van der Waals surface area contributed by atoms with E-state index < -0.39 is 9.84 Å². The molecule has 4 heterocycles. The first-order valence-corrected chi connectivity index (χ1v) is 18.2. The number of aromatic nitrogens is 3. The van der Waals surface area contributed by atoms with Crippen LogP contribution in [0, 0.1) is 11.8 Å². The third kappa shape index (κ3) is 6.86. The molecule has 9 nitrogen and oxygen atoms in total. The molecule has 6 rings (SSSR count). The number of fused-ring (bicyclic) bond motifs is 1. The van der Waals surface area contributed by atoms with Gasteiger partial charge in [0.2, 0.25) is 5.91 Å². The molecule has 2 saturated heterocycles. The van der Waals surface area contributed by atoms with E-state index in [1.165, 1.54) is 6.26 Å². The van der Waals surface area contributed by atoms with Crippen LogP contribution in [0.2, 0.25) is 0 Å². The highest BCUT2D eigenvalue weighted by molar-refractivity contribution is 7.91. The first-order valence-electron chi connectivity index (χ1n) is 16.2. The average molecular weight is 620 g/mol. The van der Waals surface area contributed by atoms with Crippen molar-refractivity contribution in [1.29, 1.82) is 0 Å². The van der Waals surface area contributed by atoms with Crippen molar-refractivity contribution in [3.63, 3.8) is 0 Å². The number of allylic oxidation sites excluding steroid dienone is 1. The molecule has 0 radical (unpaired) electrons. The molecule has 1 aliphatic carbocycles. The van der Waals surface area contributed by atoms with Crippen molar-refractivity contribution in [3.8, 4) is 5.82 Å². The Kier molecular flexibility index (Phi) is 9.37. The molecule has 44 heavy (non-hydrogen) atoms. The zero-order chi connectivity index (χ0) is 30.7. The van der Waals surface area contributed by atoms with E-state index in [0.717, 1.165) is 87.1 Å². The summed E-state index contributed by atoms with van der Waals surface area (Å²) in [5.41, 5.74) is 2.20. The van der Waals surface area contributed by atoms with Crippen molar-refractivity contribution in [3.05, 3.63) is 54.6 Å². The van der Waals surface area contributed by atoms with Crippen LogP contribution in [0.15, 0.2) is 48.8 Å². The lowest BCUT2D eigenvalue weighted by Crippen LogP contribution is -2.39. The Morgan fingerprint density at radius 2 is 1.82 bits per heavy atom. The predicted molar refractivity (Wildman–Crippen MR) is 175 cm³/mol. The number of carbonyl (C=O) groups excluding carboxylic acids is 1.